The molecule has 2 heterocycles. The molecule has 0 bridgehead atoms. The van der Waals surface area contributed by atoms with Crippen molar-refractivity contribution in [1.29, 1.82) is 0 Å². The number of likely N-dealkylation sites (N-methyl/N-ethyl adjacent to an activating group) is 1. The molecule has 1 aromatic heterocycles. The molecule has 0 radical (unpaired) electrons. The molecule has 8 nitrogen and oxygen atoms in total. The number of benzene rings is 1. The number of anilines is 1. The largest absolute Gasteiger partial charge is 0.478 e. The van der Waals surface area contributed by atoms with Crippen LogP contribution in [0.1, 0.15) is 27.7 Å². The Morgan fingerprint density at radius 1 is 1.35 bits per heavy atom. The van der Waals surface area contributed by atoms with Crippen molar-refractivity contribution in [2.45, 2.75) is 12.6 Å². The minimum absolute atomic E-state index is 0.0356. The lowest BCUT2D eigenvalue weighted by atomic mass is 10.1. The Kier molecular flexibility index (Phi) is 4.13. The van der Waals surface area contributed by atoms with Gasteiger partial charge in [-0.05, 0) is 23.8 Å². The first-order chi connectivity index (χ1) is 11.1. The predicted octanol–water partition coefficient (Wildman–Crippen LogP) is 2.14. The maximum Gasteiger partial charge on any atom is 0.335 e. The molecule has 2 N–H and O–H groups in total. The second kappa shape index (κ2) is 6.39. The monoisotopic (exact) mass is 312 g/mol. The predicted molar refractivity (Wildman–Crippen MR) is 83.0 cm³/mol. The second-order valence-electron chi connectivity index (χ2n) is 5.16. The van der Waals surface area contributed by atoms with Crippen LogP contribution >= 0.6 is 0 Å². The van der Waals surface area contributed by atoms with Gasteiger partial charge in [0.1, 0.15) is 6.04 Å². The van der Waals surface area contributed by atoms with E-state index in [-0.39, 0.29) is 11.6 Å². The Labute approximate surface area is 132 Å². The fourth-order valence-corrected chi connectivity index (χ4v) is 2.27. The summed E-state index contributed by atoms with van der Waals surface area (Å²) >= 11 is 0. The fraction of sp³-hybridized carbons (Fsp3) is 0.267. The van der Waals surface area contributed by atoms with Crippen molar-refractivity contribution in [3.8, 4) is 0 Å². The quantitative estimate of drug-likeness (QED) is 0.876. The van der Waals surface area contributed by atoms with Gasteiger partial charge in [0.25, 0.3) is 0 Å². The van der Waals surface area contributed by atoms with E-state index in [1.54, 1.807) is 35.5 Å². The van der Waals surface area contributed by atoms with Crippen molar-refractivity contribution in [2.75, 3.05) is 18.9 Å². The molecular formula is C15H16N6O2. The number of hydrogen-bond acceptors (Lipinski definition) is 7. The van der Waals surface area contributed by atoms with E-state index in [1.165, 1.54) is 0 Å². The molecule has 0 spiro atoms. The SMILES string of the molecule is CN1N=NCC1c1ccnc(NCc2ccc(C(=O)O)cc2)n1. The third-order valence-corrected chi connectivity index (χ3v) is 3.58. The summed E-state index contributed by atoms with van der Waals surface area (Å²) in [5.41, 5.74) is 2.08. The molecule has 118 valence electrons. The number of nitrogens with one attached hydrogen (secondary N) is 1. The summed E-state index contributed by atoms with van der Waals surface area (Å²) in [6.07, 6.45) is 1.70. The van der Waals surface area contributed by atoms with E-state index in [0.29, 0.717) is 19.0 Å². The maximum absolute atomic E-state index is 10.8. The summed E-state index contributed by atoms with van der Waals surface area (Å²) < 4.78 is 0. The van der Waals surface area contributed by atoms with E-state index >= 15 is 0 Å². The fourth-order valence-electron chi connectivity index (χ4n) is 2.27. The molecule has 1 aliphatic heterocycles. The number of aromatic carboxylic acids is 1. The van der Waals surface area contributed by atoms with E-state index in [2.05, 4.69) is 25.6 Å². The Morgan fingerprint density at radius 2 is 2.13 bits per heavy atom. The van der Waals surface area contributed by atoms with E-state index in [4.69, 9.17) is 5.11 Å². The van der Waals surface area contributed by atoms with Gasteiger partial charge in [0.15, 0.2) is 0 Å². The highest BCUT2D eigenvalue weighted by Gasteiger charge is 2.22. The highest BCUT2D eigenvalue weighted by molar-refractivity contribution is 5.87. The van der Waals surface area contributed by atoms with E-state index < -0.39 is 5.97 Å². The summed E-state index contributed by atoms with van der Waals surface area (Å²) in [7, 11) is 1.86. The molecule has 0 aliphatic carbocycles. The average Bonchev–Trinajstić information content (AvgIpc) is 3.00. The second-order valence-corrected chi connectivity index (χ2v) is 5.16. The first kappa shape index (κ1) is 14.9. The number of nitrogens with zero attached hydrogens (tertiary/aromatic N) is 5. The molecule has 1 aliphatic rings. The van der Waals surface area contributed by atoms with Gasteiger partial charge in [0.2, 0.25) is 5.95 Å². The highest BCUT2D eigenvalue weighted by Crippen LogP contribution is 2.23. The molecule has 0 saturated carbocycles. The lowest BCUT2D eigenvalue weighted by Gasteiger charge is -2.16. The van der Waals surface area contributed by atoms with Gasteiger partial charge in [0, 0.05) is 19.8 Å². The third kappa shape index (κ3) is 3.42. The average molecular weight is 312 g/mol. The molecule has 1 aromatic carbocycles. The van der Waals surface area contributed by atoms with Crippen LogP contribution in [-0.4, -0.2) is 39.6 Å². The normalized spacial score (nSPS) is 16.6. The Balaban J connectivity index is 1.65. The molecule has 3 rings (SSSR count). The maximum atomic E-state index is 10.8. The van der Waals surface area contributed by atoms with Gasteiger partial charge in [0.05, 0.1) is 17.8 Å². The van der Waals surface area contributed by atoms with Crippen molar-refractivity contribution >= 4 is 11.9 Å². The summed E-state index contributed by atoms with van der Waals surface area (Å²) in [4.78, 5) is 19.5. The van der Waals surface area contributed by atoms with Gasteiger partial charge in [-0.1, -0.05) is 17.4 Å². The van der Waals surface area contributed by atoms with Crippen molar-refractivity contribution in [2.24, 2.45) is 10.3 Å². The zero-order valence-electron chi connectivity index (χ0n) is 12.5. The minimum Gasteiger partial charge on any atom is -0.478 e. The molecule has 0 amide bonds. The summed E-state index contributed by atoms with van der Waals surface area (Å²) in [6.45, 7) is 1.10. The molecule has 1 unspecified atom stereocenters. The number of carboxylic acids is 1. The molecule has 23 heavy (non-hydrogen) atoms. The van der Waals surface area contributed by atoms with Gasteiger partial charge in [-0.25, -0.2) is 14.8 Å². The third-order valence-electron chi connectivity index (χ3n) is 3.58. The number of rotatable bonds is 5. The van der Waals surface area contributed by atoms with Crippen LogP contribution in [0.25, 0.3) is 0 Å². The first-order valence-electron chi connectivity index (χ1n) is 7.13. The Bertz CT molecular complexity index is 731. The van der Waals surface area contributed by atoms with Crippen molar-refractivity contribution in [1.82, 2.24) is 15.0 Å². The molecule has 1 atom stereocenters. The van der Waals surface area contributed by atoms with Crippen molar-refractivity contribution in [3.05, 3.63) is 53.3 Å². The van der Waals surface area contributed by atoms with Crippen LogP contribution in [0.15, 0.2) is 46.9 Å². The lowest BCUT2D eigenvalue weighted by Crippen LogP contribution is -2.18. The van der Waals surface area contributed by atoms with Gasteiger partial charge in [-0.3, -0.25) is 5.01 Å². The smallest absolute Gasteiger partial charge is 0.335 e. The zero-order valence-corrected chi connectivity index (χ0v) is 12.5. The highest BCUT2D eigenvalue weighted by atomic mass is 16.4. The minimum atomic E-state index is -0.933. The number of carboxylic acid groups (broad SMARTS) is 1. The summed E-state index contributed by atoms with van der Waals surface area (Å²) in [5, 5.41) is 21.8. The van der Waals surface area contributed by atoms with Crippen LogP contribution in [0.5, 0.6) is 0 Å². The van der Waals surface area contributed by atoms with Crippen LogP contribution in [0.3, 0.4) is 0 Å². The van der Waals surface area contributed by atoms with Gasteiger partial charge in [-0.15, -0.1) is 0 Å². The lowest BCUT2D eigenvalue weighted by molar-refractivity contribution is 0.0697. The number of aromatic nitrogens is 2. The first-order valence-corrected chi connectivity index (χ1v) is 7.13. The summed E-state index contributed by atoms with van der Waals surface area (Å²) in [6, 6.07) is 8.57. The Hall–Kier alpha value is -3.03. The van der Waals surface area contributed by atoms with Crippen LogP contribution in [0.4, 0.5) is 5.95 Å². The van der Waals surface area contributed by atoms with Gasteiger partial charge < -0.3 is 10.4 Å². The van der Waals surface area contributed by atoms with Gasteiger partial charge >= 0.3 is 5.97 Å². The van der Waals surface area contributed by atoms with Crippen molar-refractivity contribution < 1.29 is 9.90 Å². The van der Waals surface area contributed by atoms with Crippen LogP contribution < -0.4 is 5.32 Å². The van der Waals surface area contributed by atoms with E-state index in [1.807, 2.05) is 13.1 Å². The van der Waals surface area contributed by atoms with Gasteiger partial charge in [-0.2, -0.15) is 5.11 Å². The molecule has 2 aromatic rings. The van der Waals surface area contributed by atoms with Crippen LogP contribution in [-0.2, 0) is 6.54 Å². The molecular weight excluding hydrogens is 296 g/mol. The molecule has 0 saturated heterocycles. The zero-order chi connectivity index (χ0) is 16.2. The van der Waals surface area contributed by atoms with Crippen LogP contribution in [0.2, 0.25) is 0 Å². The van der Waals surface area contributed by atoms with E-state index in [9.17, 15) is 4.79 Å². The van der Waals surface area contributed by atoms with Crippen LogP contribution in [0, 0.1) is 0 Å². The molecule has 8 heteroatoms. The topological polar surface area (TPSA) is 103 Å². The molecule has 0 fully saturated rings. The summed E-state index contributed by atoms with van der Waals surface area (Å²) in [5.74, 6) is -0.415. The standard InChI is InChI=1S/C15H16N6O2/c1-21-13(9-18-20-21)12-6-7-16-15(19-12)17-8-10-2-4-11(5-3-10)14(22)23/h2-7,13H,8-9H2,1H3,(H,22,23)(H,16,17,19). The van der Waals surface area contributed by atoms with E-state index in [0.717, 1.165) is 11.3 Å². The van der Waals surface area contributed by atoms with Crippen molar-refractivity contribution in [3.63, 3.8) is 0 Å². The number of hydrogen-bond donors (Lipinski definition) is 2. The Morgan fingerprint density at radius 3 is 2.78 bits per heavy atom. The number of carbonyl (C=O) groups is 1.